The van der Waals surface area contributed by atoms with Gasteiger partial charge in [-0.3, -0.25) is 25.0 Å². The van der Waals surface area contributed by atoms with Crippen molar-refractivity contribution in [2.24, 2.45) is 0 Å². The molecule has 3 N–H and O–H groups in total. The molecule has 0 aliphatic rings. The number of hydrogen-bond acceptors (Lipinski definition) is 6. The Labute approximate surface area is 188 Å². The fourth-order valence-corrected chi connectivity index (χ4v) is 2.83. The Morgan fingerprint density at radius 3 is 2.56 bits per heavy atom. The van der Waals surface area contributed by atoms with E-state index in [4.69, 9.17) is 16.6 Å². The lowest BCUT2D eigenvalue weighted by Gasteiger charge is -2.10. The van der Waals surface area contributed by atoms with Gasteiger partial charge in [-0.05, 0) is 66.3 Å². The van der Waals surface area contributed by atoms with Gasteiger partial charge in [-0.2, -0.15) is 0 Å². The molecule has 32 heavy (non-hydrogen) atoms. The van der Waals surface area contributed by atoms with Crippen LogP contribution in [-0.4, -0.2) is 21.9 Å². The van der Waals surface area contributed by atoms with E-state index in [2.05, 4.69) is 16.0 Å². The van der Waals surface area contributed by atoms with Gasteiger partial charge in [0.15, 0.2) is 5.11 Å². The van der Waals surface area contributed by atoms with Crippen molar-refractivity contribution in [3.63, 3.8) is 0 Å². The predicted octanol–water partition coefficient (Wildman–Crippen LogP) is 3.64. The molecule has 162 valence electrons. The zero-order valence-electron chi connectivity index (χ0n) is 16.6. The average Bonchev–Trinajstić information content (AvgIpc) is 3.30. The van der Waals surface area contributed by atoms with Crippen molar-refractivity contribution in [1.29, 1.82) is 0 Å². The molecule has 0 aliphatic heterocycles. The molecule has 0 unspecified atom stereocenters. The van der Waals surface area contributed by atoms with Gasteiger partial charge in [0, 0.05) is 29.5 Å². The van der Waals surface area contributed by atoms with E-state index in [0.29, 0.717) is 22.6 Å². The van der Waals surface area contributed by atoms with Crippen molar-refractivity contribution in [2.45, 2.75) is 6.54 Å². The first-order valence-corrected chi connectivity index (χ1v) is 9.77. The number of non-ortho nitro benzene ring substituents is 1. The number of anilines is 1. The van der Waals surface area contributed by atoms with Gasteiger partial charge in [0.25, 0.3) is 11.6 Å². The molecule has 2 aromatic carbocycles. The van der Waals surface area contributed by atoms with Gasteiger partial charge < -0.3 is 15.1 Å². The molecule has 1 aromatic heterocycles. The van der Waals surface area contributed by atoms with Crippen LogP contribution in [0.3, 0.4) is 0 Å². The van der Waals surface area contributed by atoms with E-state index in [9.17, 15) is 19.7 Å². The Morgan fingerprint density at radius 1 is 1.09 bits per heavy atom. The molecule has 0 saturated heterocycles. The molecule has 3 rings (SSSR count). The topological polar surface area (TPSA) is 127 Å². The van der Waals surface area contributed by atoms with Gasteiger partial charge in [-0.15, -0.1) is 0 Å². The molecule has 0 aliphatic carbocycles. The first kappa shape index (κ1) is 22.4. The Bertz CT molecular complexity index is 1160. The second-order valence-electron chi connectivity index (χ2n) is 6.47. The van der Waals surface area contributed by atoms with E-state index < -0.39 is 10.8 Å². The summed E-state index contributed by atoms with van der Waals surface area (Å²) < 4.78 is 5.18. The maximum Gasteiger partial charge on any atom is 0.269 e. The van der Waals surface area contributed by atoms with E-state index >= 15 is 0 Å². The summed E-state index contributed by atoms with van der Waals surface area (Å²) in [7, 11) is 0. The van der Waals surface area contributed by atoms with Crippen LogP contribution in [0.2, 0.25) is 0 Å². The molecule has 0 saturated carbocycles. The lowest BCUT2D eigenvalue weighted by Crippen LogP contribution is -2.33. The number of rotatable bonds is 7. The van der Waals surface area contributed by atoms with E-state index in [-0.39, 0.29) is 23.3 Å². The summed E-state index contributed by atoms with van der Waals surface area (Å²) in [4.78, 5) is 34.5. The molecule has 0 fully saturated rings. The van der Waals surface area contributed by atoms with E-state index in [0.717, 1.165) is 0 Å². The average molecular weight is 450 g/mol. The third-order valence-corrected chi connectivity index (χ3v) is 4.36. The van der Waals surface area contributed by atoms with E-state index in [1.807, 2.05) is 0 Å². The molecule has 0 spiro atoms. The summed E-state index contributed by atoms with van der Waals surface area (Å²) in [6.45, 7) is 0.263. The van der Waals surface area contributed by atoms with Crippen molar-refractivity contribution in [2.75, 3.05) is 5.32 Å². The number of nitro benzene ring substituents is 1. The molecule has 0 bridgehead atoms. The van der Waals surface area contributed by atoms with Gasteiger partial charge in [-0.25, -0.2) is 0 Å². The number of amides is 2. The van der Waals surface area contributed by atoms with Gasteiger partial charge >= 0.3 is 0 Å². The maximum atomic E-state index is 12.3. The highest BCUT2D eigenvalue weighted by atomic mass is 32.1. The Kier molecular flexibility index (Phi) is 7.44. The minimum absolute atomic E-state index is 0.0335. The molecule has 0 atom stereocenters. The number of hydrogen-bond donors (Lipinski definition) is 3. The summed E-state index contributed by atoms with van der Waals surface area (Å²) in [6.07, 6.45) is 4.29. The van der Waals surface area contributed by atoms with Crippen LogP contribution in [0, 0.1) is 10.1 Å². The number of nitrogens with zero attached hydrogens (tertiary/aromatic N) is 1. The number of furan rings is 1. The molecule has 2 amide bonds. The summed E-state index contributed by atoms with van der Waals surface area (Å²) in [5, 5.41) is 18.8. The molecule has 0 radical (unpaired) electrons. The number of thiocarbonyl (C=S) groups is 1. The van der Waals surface area contributed by atoms with Crippen LogP contribution in [0.5, 0.6) is 0 Å². The van der Waals surface area contributed by atoms with Crippen molar-refractivity contribution < 1.29 is 18.9 Å². The van der Waals surface area contributed by atoms with Crippen molar-refractivity contribution in [3.05, 3.63) is 100 Å². The van der Waals surface area contributed by atoms with Crippen molar-refractivity contribution in [1.82, 2.24) is 10.6 Å². The van der Waals surface area contributed by atoms with Crippen LogP contribution in [0.1, 0.15) is 21.7 Å². The molecular formula is C22H18N4O5S. The normalized spacial score (nSPS) is 10.5. The number of benzene rings is 2. The minimum atomic E-state index is -0.498. The molecule has 9 nitrogen and oxygen atoms in total. The van der Waals surface area contributed by atoms with Gasteiger partial charge in [0.1, 0.15) is 5.76 Å². The number of carbonyl (C=O) groups excluding carboxylic acids is 2. The highest BCUT2D eigenvalue weighted by Gasteiger charge is 2.08. The highest BCUT2D eigenvalue weighted by Crippen LogP contribution is 2.13. The van der Waals surface area contributed by atoms with Crippen molar-refractivity contribution >= 4 is 46.6 Å². The van der Waals surface area contributed by atoms with Crippen LogP contribution in [0.4, 0.5) is 11.4 Å². The quantitative estimate of drug-likeness (QED) is 0.217. The predicted molar refractivity (Wildman–Crippen MR) is 123 cm³/mol. The third kappa shape index (κ3) is 6.61. The first-order chi connectivity index (χ1) is 15.4. The second-order valence-corrected chi connectivity index (χ2v) is 6.88. The SMILES string of the molecule is O=C(/C=C/c1ccc([N+](=O)[O-])cc1)NC(=S)Nc1cccc(C(=O)NCc2ccco2)c1. The number of nitro groups is 1. The summed E-state index contributed by atoms with van der Waals surface area (Å²) in [6, 6.07) is 15.9. The smallest absolute Gasteiger partial charge is 0.269 e. The van der Waals surface area contributed by atoms with Gasteiger partial charge in [-0.1, -0.05) is 6.07 Å². The van der Waals surface area contributed by atoms with Crippen LogP contribution in [0.15, 0.2) is 77.4 Å². The fraction of sp³-hybridized carbons (Fsp3) is 0.0455. The second kappa shape index (κ2) is 10.6. The summed E-state index contributed by atoms with van der Waals surface area (Å²) in [5.74, 6) is -0.127. The first-order valence-electron chi connectivity index (χ1n) is 9.36. The van der Waals surface area contributed by atoms with Gasteiger partial charge in [0.2, 0.25) is 5.91 Å². The van der Waals surface area contributed by atoms with Gasteiger partial charge in [0.05, 0.1) is 17.7 Å². The maximum absolute atomic E-state index is 12.3. The minimum Gasteiger partial charge on any atom is -0.467 e. The Morgan fingerprint density at radius 2 is 1.88 bits per heavy atom. The molecule has 3 aromatic rings. The highest BCUT2D eigenvalue weighted by molar-refractivity contribution is 7.80. The lowest BCUT2D eigenvalue weighted by molar-refractivity contribution is -0.384. The zero-order chi connectivity index (χ0) is 22.9. The van der Waals surface area contributed by atoms with Crippen LogP contribution in [-0.2, 0) is 11.3 Å². The number of nitrogens with one attached hydrogen (secondary N) is 3. The monoisotopic (exact) mass is 450 g/mol. The van der Waals surface area contributed by atoms with Crippen molar-refractivity contribution in [3.8, 4) is 0 Å². The van der Waals surface area contributed by atoms with Crippen LogP contribution >= 0.6 is 12.2 Å². The number of carbonyl (C=O) groups is 2. The molecule has 1 heterocycles. The Hall–Kier alpha value is -4.31. The van der Waals surface area contributed by atoms with E-state index in [1.165, 1.54) is 42.7 Å². The molecule has 10 heteroatoms. The van der Waals surface area contributed by atoms with E-state index in [1.54, 1.807) is 36.4 Å². The fourth-order valence-electron chi connectivity index (χ4n) is 2.62. The standard InChI is InChI=1S/C22H18N4O5S/c27-20(11-8-15-6-9-18(10-7-15)26(29)30)25-22(32)24-17-4-1-3-16(13-17)21(28)23-14-19-5-2-12-31-19/h1-13H,14H2,(H,23,28)(H2,24,25,27,32)/b11-8+. The summed E-state index contributed by atoms with van der Waals surface area (Å²) in [5.41, 5.74) is 1.53. The Balaban J connectivity index is 1.51. The zero-order valence-corrected chi connectivity index (χ0v) is 17.4. The lowest BCUT2D eigenvalue weighted by atomic mass is 10.2. The third-order valence-electron chi connectivity index (χ3n) is 4.15. The van der Waals surface area contributed by atoms with Crippen LogP contribution in [0.25, 0.3) is 6.08 Å². The summed E-state index contributed by atoms with van der Waals surface area (Å²) >= 11 is 5.14. The van der Waals surface area contributed by atoms with Crippen LogP contribution < -0.4 is 16.0 Å². The molecular weight excluding hydrogens is 432 g/mol. The largest absolute Gasteiger partial charge is 0.467 e.